The van der Waals surface area contributed by atoms with E-state index in [-0.39, 0.29) is 0 Å². The van der Waals surface area contributed by atoms with Crippen molar-refractivity contribution in [2.24, 2.45) is 0 Å². The van der Waals surface area contributed by atoms with E-state index in [0.717, 1.165) is 5.56 Å². The molecule has 0 saturated carbocycles. The molecule has 0 radical (unpaired) electrons. The van der Waals surface area contributed by atoms with Gasteiger partial charge in [-0.25, -0.2) is 4.58 Å². The minimum Gasteiger partial charge on any atom is -0.235 e. The van der Waals surface area contributed by atoms with Crippen LogP contribution in [0.25, 0.3) is 11.6 Å². The van der Waals surface area contributed by atoms with Gasteiger partial charge in [0.25, 0.3) is 0 Å². The molecule has 0 fully saturated rings. The van der Waals surface area contributed by atoms with Crippen LogP contribution in [0, 0.1) is 0 Å². The van der Waals surface area contributed by atoms with E-state index in [9.17, 15) is 0 Å². The summed E-state index contributed by atoms with van der Waals surface area (Å²) in [5.41, 5.74) is 7.24. The summed E-state index contributed by atoms with van der Waals surface area (Å²) in [6.07, 6.45) is 10.6. The van der Waals surface area contributed by atoms with E-state index in [1.54, 1.807) is 0 Å². The van der Waals surface area contributed by atoms with Gasteiger partial charge in [-0.15, -0.1) is 0 Å². The Labute approximate surface area is 144 Å². The van der Waals surface area contributed by atoms with Crippen LogP contribution in [-0.2, 0) is 0 Å². The SMILES string of the molecule is C=Cc1ccc(C(=C2C=CC(=[N+](C)C)C=C2)c2ccccc2)cc1. The molecule has 1 aliphatic rings. The molecule has 118 valence electrons. The maximum absolute atomic E-state index is 3.84. The summed E-state index contributed by atoms with van der Waals surface area (Å²) in [7, 11) is 4.12. The van der Waals surface area contributed by atoms with E-state index >= 15 is 0 Å². The first-order valence-corrected chi connectivity index (χ1v) is 8.12. The van der Waals surface area contributed by atoms with Crippen LogP contribution in [0.5, 0.6) is 0 Å². The molecule has 0 N–H and O–H groups in total. The molecule has 0 atom stereocenters. The van der Waals surface area contributed by atoms with Crippen LogP contribution in [0.1, 0.15) is 16.7 Å². The molecule has 0 saturated heterocycles. The Hall–Kier alpha value is -2.93. The third-order valence-electron chi connectivity index (χ3n) is 4.17. The fraction of sp³-hybridized carbons (Fsp3) is 0.0870. The molecule has 0 unspecified atom stereocenters. The van der Waals surface area contributed by atoms with E-state index in [2.05, 4.69) is 104 Å². The highest BCUT2D eigenvalue weighted by molar-refractivity contribution is 6.03. The average molecular weight is 312 g/mol. The molecule has 1 aliphatic carbocycles. The quantitative estimate of drug-likeness (QED) is 0.704. The molecule has 2 aromatic rings. The molecule has 0 heterocycles. The Morgan fingerprint density at radius 1 is 0.792 bits per heavy atom. The molecular weight excluding hydrogens is 290 g/mol. The Morgan fingerprint density at radius 2 is 1.38 bits per heavy atom. The van der Waals surface area contributed by atoms with Crippen LogP contribution in [0.3, 0.4) is 0 Å². The number of rotatable bonds is 3. The van der Waals surface area contributed by atoms with E-state index in [1.165, 1.54) is 28.0 Å². The van der Waals surface area contributed by atoms with Crippen LogP contribution >= 0.6 is 0 Å². The number of hydrogen-bond donors (Lipinski definition) is 0. The second kappa shape index (κ2) is 7.10. The Bertz CT molecular complexity index is 838. The maximum Gasteiger partial charge on any atom is 0.199 e. The summed E-state index contributed by atoms with van der Waals surface area (Å²) in [6.45, 7) is 3.84. The van der Waals surface area contributed by atoms with Crippen LogP contribution in [0.4, 0.5) is 0 Å². The lowest BCUT2D eigenvalue weighted by Gasteiger charge is -2.14. The van der Waals surface area contributed by atoms with E-state index in [4.69, 9.17) is 0 Å². The lowest BCUT2D eigenvalue weighted by Crippen LogP contribution is -2.10. The van der Waals surface area contributed by atoms with Crippen molar-refractivity contribution in [3.63, 3.8) is 0 Å². The van der Waals surface area contributed by atoms with Crippen molar-refractivity contribution in [3.05, 3.63) is 108 Å². The third-order valence-corrected chi connectivity index (χ3v) is 4.17. The lowest BCUT2D eigenvalue weighted by molar-refractivity contribution is -0.462. The molecule has 1 nitrogen and oxygen atoms in total. The number of benzene rings is 2. The maximum atomic E-state index is 3.84. The molecule has 1 heteroatoms. The van der Waals surface area contributed by atoms with Gasteiger partial charge in [0.15, 0.2) is 5.71 Å². The van der Waals surface area contributed by atoms with Gasteiger partial charge in [-0.3, -0.25) is 0 Å². The molecule has 0 spiro atoms. The highest BCUT2D eigenvalue weighted by atomic mass is 14.9. The zero-order valence-corrected chi connectivity index (χ0v) is 14.2. The van der Waals surface area contributed by atoms with Crippen molar-refractivity contribution in [1.82, 2.24) is 0 Å². The molecule has 0 amide bonds. The first kappa shape index (κ1) is 15.9. The van der Waals surface area contributed by atoms with E-state index in [1.807, 2.05) is 6.08 Å². The van der Waals surface area contributed by atoms with Crippen LogP contribution < -0.4 is 0 Å². The highest BCUT2D eigenvalue weighted by Gasteiger charge is 2.12. The first-order valence-electron chi connectivity index (χ1n) is 8.12. The van der Waals surface area contributed by atoms with Gasteiger partial charge >= 0.3 is 0 Å². The second-order valence-electron chi connectivity index (χ2n) is 6.01. The van der Waals surface area contributed by atoms with Crippen molar-refractivity contribution >= 4 is 17.4 Å². The van der Waals surface area contributed by atoms with Gasteiger partial charge < -0.3 is 0 Å². The summed E-state index contributed by atoms with van der Waals surface area (Å²) in [5.74, 6) is 0. The monoisotopic (exact) mass is 312 g/mol. The minimum atomic E-state index is 1.13. The van der Waals surface area contributed by atoms with Crippen molar-refractivity contribution in [2.45, 2.75) is 0 Å². The van der Waals surface area contributed by atoms with Crippen molar-refractivity contribution < 1.29 is 4.58 Å². The summed E-state index contributed by atoms with van der Waals surface area (Å²) < 4.78 is 2.12. The van der Waals surface area contributed by atoms with Gasteiger partial charge in [0.2, 0.25) is 0 Å². The summed E-state index contributed by atoms with van der Waals surface area (Å²) in [5, 5.41) is 0. The highest BCUT2D eigenvalue weighted by Crippen LogP contribution is 2.29. The van der Waals surface area contributed by atoms with Crippen molar-refractivity contribution in [2.75, 3.05) is 14.1 Å². The Morgan fingerprint density at radius 3 is 1.92 bits per heavy atom. The number of allylic oxidation sites excluding steroid dienone is 5. The van der Waals surface area contributed by atoms with E-state index in [0.29, 0.717) is 0 Å². The molecule has 24 heavy (non-hydrogen) atoms. The topological polar surface area (TPSA) is 3.01 Å². The van der Waals surface area contributed by atoms with Gasteiger partial charge in [-0.05, 0) is 40.0 Å². The smallest absolute Gasteiger partial charge is 0.199 e. The lowest BCUT2D eigenvalue weighted by atomic mass is 9.90. The number of nitrogens with zero attached hydrogens (tertiary/aromatic N) is 1. The van der Waals surface area contributed by atoms with Gasteiger partial charge in [-0.2, -0.15) is 0 Å². The predicted octanol–water partition coefficient (Wildman–Crippen LogP) is 4.97. The van der Waals surface area contributed by atoms with Gasteiger partial charge in [-0.1, -0.05) is 67.3 Å². The molecule has 0 bridgehead atoms. The molecule has 3 rings (SSSR count). The van der Waals surface area contributed by atoms with Gasteiger partial charge in [0, 0.05) is 12.2 Å². The Kier molecular flexibility index (Phi) is 4.72. The second-order valence-corrected chi connectivity index (χ2v) is 6.01. The van der Waals surface area contributed by atoms with Crippen LogP contribution in [0.15, 0.2) is 91.1 Å². The van der Waals surface area contributed by atoms with Gasteiger partial charge in [0.05, 0.1) is 0 Å². The Balaban J connectivity index is 2.15. The predicted molar refractivity (Wildman–Crippen MR) is 104 cm³/mol. The number of hydrogen-bond acceptors (Lipinski definition) is 0. The standard InChI is InChI=1S/C23H22N/c1-4-18-10-12-20(13-11-18)23(19-8-6-5-7-9-19)21-14-16-22(17-15-21)24(2)3/h4-17H,1H2,2-3H3/q+1. The third kappa shape index (κ3) is 3.36. The minimum absolute atomic E-state index is 1.13. The largest absolute Gasteiger partial charge is 0.235 e. The zero-order chi connectivity index (χ0) is 16.9. The normalized spacial score (nSPS) is 13.1. The van der Waals surface area contributed by atoms with Crippen molar-refractivity contribution in [3.8, 4) is 0 Å². The molecule has 2 aromatic carbocycles. The van der Waals surface area contributed by atoms with Crippen LogP contribution in [-0.4, -0.2) is 24.4 Å². The van der Waals surface area contributed by atoms with Gasteiger partial charge in [0.1, 0.15) is 14.1 Å². The summed E-state index contributed by atoms with van der Waals surface area (Å²) in [4.78, 5) is 0. The van der Waals surface area contributed by atoms with Crippen LogP contribution in [0.2, 0.25) is 0 Å². The fourth-order valence-electron chi connectivity index (χ4n) is 2.82. The van der Waals surface area contributed by atoms with E-state index < -0.39 is 0 Å². The summed E-state index contributed by atoms with van der Waals surface area (Å²) in [6, 6.07) is 19.1. The average Bonchev–Trinajstić information content (AvgIpc) is 2.64. The first-order chi connectivity index (χ1) is 11.7. The molecular formula is C23H22N+. The zero-order valence-electron chi connectivity index (χ0n) is 14.2. The molecule has 0 aromatic heterocycles. The fourth-order valence-corrected chi connectivity index (χ4v) is 2.82. The van der Waals surface area contributed by atoms with Crippen molar-refractivity contribution in [1.29, 1.82) is 0 Å². The molecule has 0 aliphatic heterocycles. The summed E-state index contributed by atoms with van der Waals surface area (Å²) >= 11 is 0.